The fourth-order valence-electron chi connectivity index (χ4n) is 3.21. The molecule has 138 valence electrons. The van der Waals surface area contributed by atoms with E-state index in [9.17, 15) is 4.79 Å². The third kappa shape index (κ3) is 4.51. The summed E-state index contributed by atoms with van der Waals surface area (Å²) in [6.45, 7) is 3.94. The van der Waals surface area contributed by atoms with Crippen molar-refractivity contribution in [3.63, 3.8) is 0 Å². The molecular weight excluding hydrogens is 348 g/mol. The van der Waals surface area contributed by atoms with Crippen LogP contribution in [0.1, 0.15) is 29.1 Å². The summed E-state index contributed by atoms with van der Waals surface area (Å²) in [5.74, 6) is 0.733. The van der Waals surface area contributed by atoms with Gasteiger partial charge in [0, 0.05) is 36.6 Å². The van der Waals surface area contributed by atoms with Crippen molar-refractivity contribution in [2.24, 2.45) is 0 Å². The topological polar surface area (TPSA) is 60.5 Å². The number of hydrogen-bond acceptors (Lipinski definition) is 5. The van der Waals surface area contributed by atoms with E-state index in [1.54, 1.807) is 30.6 Å². The zero-order chi connectivity index (χ0) is 18.4. The molecule has 5 nitrogen and oxygen atoms in total. The highest BCUT2D eigenvalue weighted by molar-refractivity contribution is 7.09. The van der Waals surface area contributed by atoms with Crippen LogP contribution >= 0.6 is 11.3 Å². The zero-order valence-corrected chi connectivity index (χ0v) is 16.0. The summed E-state index contributed by atoms with van der Waals surface area (Å²) in [5.41, 5.74) is 1.92. The fourth-order valence-corrected chi connectivity index (χ4v) is 3.79. The van der Waals surface area contributed by atoms with Crippen LogP contribution in [0.4, 0.5) is 0 Å². The number of nitrogens with zero attached hydrogens (tertiary/aromatic N) is 1. The molecule has 1 aromatic carbocycles. The minimum atomic E-state index is -0.106. The van der Waals surface area contributed by atoms with Crippen LogP contribution in [0.2, 0.25) is 0 Å². The summed E-state index contributed by atoms with van der Waals surface area (Å²) in [4.78, 5) is 16.6. The standard InChI is InChI=1S/C20H24N2O3S/c1-15-22-17(13-26-15)5-8-19(23)21-14-20(9-11-25-12-10-20)16-3-6-18(24-2)7-4-16/h3-8,13H,9-12,14H2,1-2H3,(H,21,23)/b8-5+. The van der Waals surface area contributed by atoms with Crippen molar-refractivity contribution in [2.75, 3.05) is 26.9 Å². The summed E-state index contributed by atoms with van der Waals surface area (Å²) < 4.78 is 10.8. The van der Waals surface area contributed by atoms with Crippen LogP contribution in [0.15, 0.2) is 35.7 Å². The van der Waals surface area contributed by atoms with Crippen molar-refractivity contribution in [3.8, 4) is 5.75 Å². The minimum Gasteiger partial charge on any atom is -0.497 e. The average Bonchev–Trinajstić information content (AvgIpc) is 3.11. The molecule has 0 saturated carbocycles. The Morgan fingerprint density at radius 1 is 1.35 bits per heavy atom. The lowest BCUT2D eigenvalue weighted by Crippen LogP contribution is -2.44. The molecule has 1 fully saturated rings. The van der Waals surface area contributed by atoms with E-state index in [0.717, 1.165) is 29.3 Å². The number of methoxy groups -OCH3 is 1. The molecular formula is C20H24N2O3S. The van der Waals surface area contributed by atoms with Gasteiger partial charge in [-0.3, -0.25) is 4.79 Å². The molecule has 2 aromatic rings. The highest BCUT2D eigenvalue weighted by Gasteiger charge is 2.34. The number of nitrogens with one attached hydrogen (secondary N) is 1. The Bertz CT molecular complexity index is 762. The summed E-state index contributed by atoms with van der Waals surface area (Å²) >= 11 is 1.57. The second kappa shape index (κ2) is 8.47. The summed E-state index contributed by atoms with van der Waals surface area (Å²) in [6, 6.07) is 8.12. The quantitative estimate of drug-likeness (QED) is 0.790. The first kappa shape index (κ1) is 18.6. The van der Waals surface area contributed by atoms with Crippen LogP contribution in [-0.2, 0) is 14.9 Å². The van der Waals surface area contributed by atoms with Gasteiger partial charge in [0.15, 0.2) is 0 Å². The summed E-state index contributed by atoms with van der Waals surface area (Å²) in [5, 5.41) is 5.99. The molecule has 1 N–H and O–H groups in total. The molecule has 1 aliphatic heterocycles. The van der Waals surface area contributed by atoms with Crippen molar-refractivity contribution in [1.29, 1.82) is 0 Å². The molecule has 0 spiro atoms. The molecule has 26 heavy (non-hydrogen) atoms. The molecule has 0 aliphatic carbocycles. The SMILES string of the molecule is COc1ccc(C2(CNC(=O)/C=C/c3csc(C)n3)CCOCC2)cc1. The van der Waals surface area contributed by atoms with Crippen molar-refractivity contribution in [3.05, 3.63) is 52.0 Å². The Labute approximate surface area is 158 Å². The first-order valence-corrected chi connectivity index (χ1v) is 9.60. The van der Waals surface area contributed by atoms with Crippen LogP contribution in [0, 0.1) is 6.92 Å². The Morgan fingerprint density at radius 3 is 2.69 bits per heavy atom. The molecule has 1 aliphatic rings. The highest BCUT2D eigenvalue weighted by atomic mass is 32.1. The molecule has 1 saturated heterocycles. The van der Waals surface area contributed by atoms with E-state index in [2.05, 4.69) is 22.4 Å². The maximum absolute atomic E-state index is 12.3. The Hall–Kier alpha value is -2.18. The third-order valence-electron chi connectivity index (χ3n) is 4.80. The Kier molecular flexibility index (Phi) is 6.06. The molecule has 1 amide bonds. The van der Waals surface area contributed by atoms with Gasteiger partial charge in [0.05, 0.1) is 17.8 Å². The molecule has 2 heterocycles. The van der Waals surface area contributed by atoms with Gasteiger partial charge >= 0.3 is 0 Å². The molecule has 3 rings (SSSR count). The lowest BCUT2D eigenvalue weighted by Gasteiger charge is -2.38. The third-order valence-corrected chi connectivity index (χ3v) is 5.59. The van der Waals surface area contributed by atoms with Crippen LogP contribution in [0.25, 0.3) is 6.08 Å². The van der Waals surface area contributed by atoms with Crippen molar-refractivity contribution < 1.29 is 14.3 Å². The molecule has 0 atom stereocenters. The monoisotopic (exact) mass is 372 g/mol. The largest absolute Gasteiger partial charge is 0.497 e. The number of rotatable bonds is 6. The van der Waals surface area contributed by atoms with Gasteiger partial charge in [0.1, 0.15) is 5.75 Å². The lowest BCUT2D eigenvalue weighted by molar-refractivity contribution is -0.116. The number of carbonyl (C=O) groups is 1. The van der Waals surface area contributed by atoms with E-state index in [1.807, 2.05) is 24.4 Å². The first-order chi connectivity index (χ1) is 12.6. The minimum absolute atomic E-state index is 0.102. The normalized spacial score (nSPS) is 16.5. The van der Waals surface area contributed by atoms with Gasteiger partial charge < -0.3 is 14.8 Å². The second-order valence-electron chi connectivity index (χ2n) is 6.46. The summed E-state index contributed by atoms with van der Waals surface area (Å²) in [7, 11) is 1.66. The number of aryl methyl sites for hydroxylation is 1. The molecule has 0 unspecified atom stereocenters. The van der Waals surface area contributed by atoms with Gasteiger partial charge in [-0.25, -0.2) is 4.98 Å². The Morgan fingerprint density at radius 2 is 2.08 bits per heavy atom. The average molecular weight is 372 g/mol. The van der Waals surface area contributed by atoms with E-state index >= 15 is 0 Å². The maximum Gasteiger partial charge on any atom is 0.244 e. The van der Waals surface area contributed by atoms with Gasteiger partial charge in [-0.1, -0.05) is 12.1 Å². The van der Waals surface area contributed by atoms with Crippen molar-refractivity contribution in [1.82, 2.24) is 10.3 Å². The number of aromatic nitrogens is 1. The van der Waals surface area contributed by atoms with E-state index in [4.69, 9.17) is 9.47 Å². The van der Waals surface area contributed by atoms with Gasteiger partial charge in [-0.15, -0.1) is 11.3 Å². The molecule has 6 heteroatoms. The van der Waals surface area contributed by atoms with Crippen LogP contribution in [-0.4, -0.2) is 37.8 Å². The van der Waals surface area contributed by atoms with Gasteiger partial charge in [-0.2, -0.15) is 0 Å². The van der Waals surface area contributed by atoms with Crippen molar-refractivity contribution in [2.45, 2.75) is 25.2 Å². The zero-order valence-electron chi connectivity index (χ0n) is 15.2. The van der Waals surface area contributed by atoms with Gasteiger partial charge in [-0.05, 0) is 43.5 Å². The number of carbonyl (C=O) groups excluding carboxylic acids is 1. The fraction of sp³-hybridized carbons (Fsp3) is 0.400. The molecule has 0 radical (unpaired) electrons. The number of ether oxygens (including phenoxy) is 2. The number of hydrogen-bond donors (Lipinski definition) is 1. The smallest absolute Gasteiger partial charge is 0.244 e. The van der Waals surface area contributed by atoms with E-state index in [-0.39, 0.29) is 11.3 Å². The first-order valence-electron chi connectivity index (χ1n) is 8.72. The predicted octanol–water partition coefficient (Wildman–Crippen LogP) is 3.34. The molecule has 1 aromatic heterocycles. The van der Waals surface area contributed by atoms with Gasteiger partial charge in [0.25, 0.3) is 0 Å². The van der Waals surface area contributed by atoms with Crippen LogP contribution in [0.3, 0.4) is 0 Å². The number of thiazole rings is 1. The van der Waals surface area contributed by atoms with Gasteiger partial charge in [0.2, 0.25) is 5.91 Å². The summed E-state index contributed by atoms with van der Waals surface area (Å²) in [6.07, 6.45) is 5.07. The lowest BCUT2D eigenvalue weighted by atomic mass is 9.74. The maximum atomic E-state index is 12.3. The molecule has 0 bridgehead atoms. The van der Waals surface area contributed by atoms with Crippen LogP contribution in [0.5, 0.6) is 5.75 Å². The second-order valence-corrected chi connectivity index (χ2v) is 7.53. The predicted molar refractivity (Wildman–Crippen MR) is 104 cm³/mol. The number of amides is 1. The van der Waals surface area contributed by atoms with E-state index in [0.29, 0.717) is 19.8 Å². The number of benzene rings is 1. The van der Waals surface area contributed by atoms with E-state index < -0.39 is 0 Å². The van der Waals surface area contributed by atoms with E-state index in [1.165, 1.54) is 5.56 Å². The van der Waals surface area contributed by atoms with Crippen LogP contribution < -0.4 is 10.1 Å². The van der Waals surface area contributed by atoms with Crippen molar-refractivity contribution >= 4 is 23.3 Å². The Balaban J connectivity index is 1.68. The highest BCUT2D eigenvalue weighted by Crippen LogP contribution is 2.35.